The van der Waals surface area contributed by atoms with E-state index < -0.39 is 73.8 Å². The van der Waals surface area contributed by atoms with Gasteiger partial charge < -0.3 is 47.5 Å². The van der Waals surface area contributed by atoms with Crippen molar-refractivity contribution in [1.29, 1.82) is 0 Å². The zero-order valence-electron chi connectivity index (χ0n) is 46.5. The van der Waals surface area contributed by atoms with Gasteiger partial charge in [-0.1, -0.05) is 237 Å². The van der Waals surface area contributed by atoms with E-state index in [0.717, 1.165) is 51.4 Å². The van der Waals surface area contributed by atoms with Gasteiger partial charge in [-0.05, 0) is 49.1 Å². The first-order valence-corrected chi connectivity index (χ1v) is 31.2. The highest BCUT2D eigenvalue weighted by molar-refractivity contribution is 7.49. The van der Waals surface area contributed by atoms with Gasteiger partial charge in [0.05, 0.1) is 13.2 Å². The van der Waals surface area contributed by atoms with Crippen molar-refractivity contribution in [2.75, 3.05) is 26.4 Å². The number of ether oxygens (including phenoxy) is 7. The summed E-state index contributed by atoms with van der Waals surface area (Å²) in [6.45, 7) is 6.72. The summed E-state index contributed by atoms with van der Waals surface area (Å²) in [5.41, 5.74) is 0.712. The van der Waals surface area contributed by atoms with Gasteiger partial charge in [0.15, 0.2) is 6.29 Å². The SMILES string of the molecule is C=CCO[C@H]1O[C@H](COC(=O)OCc2ccccc2)[C@@H](OP(=O)(Oc2ccccc2)Oc2ccccc2)[C@H](OCC[C@H](CCCCCCCCCCC)OC(=O)CCCCCCCCCCCCC)[C@@H]1NC(=O)OCC(Cl)(Cl)Cl. The van der Waals surface area contributed by atoms with E-state index in [1.54, 1.807) is 84.9 Å². The topological polar surface area (TPSA) is 173 Å². The summed E-state index contributed by atoms with van der Waals surface area (Å²) >= 11 is 17.9. The minimum atomic E-state index is -4.83. The van der Waals surface area contributed by atoms with Gasteiger partial charge >= 0.3 is 26.0 Å². The van der Waals surface area contributed by atoms with Crippen LogP contribution in [0.25, 0.3) is 0 Å². The number of carbonyl (C=O) groups is 3. The van der Waals surface area contributed by atoms with Crippen LogP contribution < -0.4 is 14.4 Å². The minimum Gasteiger partial charge on any atom is -0.462 e. The molecule has 0 saturated carbocycles. The number of rotatable bonds is 42. The van der Waals surface area contributed by atoms with Gasteiger partial charge in [0, 0.05) is 12.8 Å². The molecule has 0 unspecified atom stereocenters. The summed E-state index contributed by atoms with van der Waals surface area (Å²) in [7, 11) is -4.83. The molecule has 19 heteroatoms. The molecule has 1 fully saturated rings. The zero-order chi connectivity index (χ0) is 56.8. The zero-order valence-corrected chi connectivity index (χ0v) is 49.7. The van der Waals surface area contributed by atoms with Crippen LogP contribution in [-0.2, 0) is 53.6 Å². The van der Waals surface area contributed by atoms with Gasteiger partial charge in [-0.25, -0.2) is 14.2 Å². The van der Waals surface area contributed by atoms with E-state index in [1.165, 1.54) is 83.1 Å². The standard InChI is InChI=1S/C60H87Cl3NO14P/c1-4-7-9-11-13-15-16-18-20-22-33-41-53(65)74-49(36-28-21-19-17-14-12-10-8-5-2)42-44-69-56-54(64-58(66)73-47-60(61,62)63)57(70-43-6-3)75-52(46-72-59(67)71-45-48-34-26-23-27-35-48)55(56)78-79(68,76-50-37-29-24-30-38-50)77-51-39-31-25-32-40-51/h6,23-27,29-32,34-35,37-40,49,52,54-57H,3-5,7-22,28,33,36,41-47H2,1-2H3,(H,64,66)/t49-,52+,54-,55+,56+,57-/m0/s1. The maximum absolute atomic E-state index is 15.3. The number of amides is 1. The fourth-order valence-electron chi connectivity index (χ4n) is 8.95. The predicted molar refractivity (Wildman–Crippen MR) is 310 cm³/mol. The number of benzene rings is 3. The van der Waals surface area contributed by atoms with Crippen molar-refractivity contribution < 1.29 is 65.7 Å². The lowest BCUT2D eigenvalue weighted by molar-refractivity contribution is -0.271. The third kappa shape index (κ3) is 30.0. The molecule has 15 nitrogen and oxygen atoms in total. The fourth-order valence-corrected chi connectivity index (χ4v) is 10.5. The van der Waals surface area contributed by atoms with E-state index >= 15 is 4.57 Å². The lowest BCUT2D eigenvalue weighted by atomic mass is 9.96. The van der Waals surface area contributed by atoms with Crippen LogP contribution in [0.4, 0.5) is 9.59 Å². The highest BCUT2D eigenvalue weighted by Gasteiger charge is 2.53. The highest BCUT2D eigenvalue weighted by Crippen LogP contribution is 2.52. The summed E-state index contributed by atoms with van der Waals surface area (Å²) in [6.07, 6.45) is 17.0. The van der Waals surface area contributed by atoms with Crippen molar-refractivity contribution in [2.24, 2.45) is 0 Å². The Morgan fingerprint density at radius 3 is 1.71 bits per heavy atom. The summed E-state index contributed by atoms with van der Waals surface area (Å²) in [5.74, 6) is -0.0360. The number of hydrogen-bond donors (Lipinski definition) is 1. The molecular weight excluding hydrogens is 1100 g/mol. The first kappa shape index (κ1) is 67.5. The summed E-state index contributed by atoms with van der Waals surface area (Å²) in [6, 6.07) is 24.1. The summed E-state index contributed by atoms with van der Waals surface area (Å²) < 4.78 is 74.0. The quantitative estimate of drug-likeness (QED) is 0.0142. The van der Waals surface area contributed by atoms with Crippen molar-refractivity contribution >= 4 is 60.8 Å². The molecule has 1 heterocycles. The molecule has 1 saturated heterocycles. The normalized spacial score (nSPS) is 17.8. The number of unbranched alkanes of at least 4 members (excludes halogenated alkanes) is 18. The first-order chi connectivity index (χ1) is 38.3. The van der Waals surface area contributed by atoms with Gasteiger partial charge in [-0.3, -0.25) is 9.32 Å². The van der Waals surface area contributed by atoms with E-state index in [-0.39, 0.29) is 43.7 Å². The van der Waals surface area contributed by atoms with Crippen LogP contribution in [0.2, 0.25) is 0 Å². The smallest absolute Gasteiger partial charge is 0.462 e. The van der Waals surface area contributed by atoms with Crippen LogP contribution in [0.5, 0.6) is 11.5 Å². The number of nitrogens with one attached hydrogen (secondary N) is 1. The van der Waals surface area contributed by atoms with Crippen molar-refractivity contribution in [3.05, 3.63) is 109 Å². The second-order valence-electron chi connectivity index (χ2n) is 19.8. The van der Waals surface area contributed by atoms with E-state index in [4.69, 9.17) is 81.5 Å². The molecule has 4 rings (SSSR count). The Bertz CT molecular complexity index is 2100. The number of hydrogen-bond acceptors (Lipinski definition) is 14. The van der Waals surface area contributed by atoms with Gasteiger partial charge in [0.1, 0.15) is 61.8 Å². The summed E-state index contributed by atoms with van der Waals surface area (Å²) in [5, 5.41) is 2.72. The lowest BCUT2D eigenvalue weighted by Crippen LogP contribution is -2.66. The lowest BCUT2D eigenvalue weighted by Gasteiger charge is -2.45. The second-order valence-corrected chi connectivity index (χ2v) is 23.8. The molecule has 1 N–H and O–H groups in total. The molecule has 1 aliphatic heterocycles. The molecule has 0 aliphatic carbocycles. The van der Waals surface area contributed by atoms with E-state index in [1.807, 2.05) is 6.07 Å². The molecule has 3 aromatic carbocycles. The molecule has 0 spiro atoms. The van der Waals surface area contributed by atoms with Crippen LogP contribution >= 0.6 is 42.6 Å². The number of halogens is 3. The van der Waals surface area contributed by atoms with Crippen molar-refractivity contribution in [3.8, 4) is 11.5 Å². The molecule has 0 aromatic heterocycles. The Morgan fingerprint density at radius 2 is 1.18 bits per heavy atom. The highest BCUT2D eigenvalue weighted by atomic mass is 35.6. The number of para-hydroxylation sites is 2. The number of esters is 1. The Kier molecular flexibility index (Phi) is 34.3. The minimum absolute atomic E-state index is 0.0933. The number of carbonyl (C=O) groups excluding carboxylic acids is 3. The first-order valence-electron chi connectivity index (χ1n) is 28.6. The van der Waals surface area contributed by atoms with Crippen molar-refractivity contribution in [2.45, 2.75) is 209 Å². The molecule has 3 aromatic rings. The molecule has 442 valence electrons. The molecule has 6 atom stereocenters. The average molecular weight is 1180 g/mol. The number of phosphoric acid groups is 1. The Labute approximate surface area is 485 Å². The van der Waals surface area contributed by atoms with E-state index in [2.05, 4.69) is 25.7 Å². The van der Waals surface area contributed by atoms with Gasteiger partial charge in [0.25, 0.3) is 0 Å². The molecule has 0 bridgehead atoms. The average Bonchev–Trinajstić information content (AvgIpc) is 3.54. The maximum Gasteiger partial charge on any atom is 0.588 e. The molecule has 79 heavy (non-hydrogen) atoms. The van der Waals surface area contributed by atoms with Gasteiger partial charge in [-0.2, -0.15) is 0 Å². The molecular formula is C60H87Cl3NO14P. The van der Waals surface area contributed by atoms with Gasteiger partial charge in [-0.15, -0.1) is 6.58 Å². The largest absolute Gasteiger partial charge is 0.588 e. The monoisotopic (exact) mass is 1180 g/mol. The maximum atomic E-state index is 15.3. The molecule has 0 radical (unpaired) electrons. The van der Waals surface area contributed by atoms with Crippen LogP contribution in [0.1, 0.15) is 167 Å². The Balaban J connectivity index is 1.65. The summed E-state index contributed by atoms with van der Waals surface area (Å²) in [4.78, 5) is 40.5. The van der Waals surface area contributed by atoms with Gasteiger partial charge in [0.2, 0.25) is 3.79 Å². The number of alkyl halides is 3. The Hall–Kier alpha value is -4.05. The molecule has 1 amide bonds. The van der Waals surface area contributed by atoms with Crippen LogP contribution in [0.3, 0.4) is 0 Å². The van der Waals surface area contributed by atoms with E-state index in [9.17, 15) is 14.4 Å². The number of phosphoric ester groups is 1. The number of alkyl carbamates (subject to hydrolysis) is 1. The van der Waals surface area contributed by atoms with Crippen molar-refractivity contribution in [3.63, 3.8) is 0 Å². The van der Waals surface area contributed by atoms with Crippen LogP contribution in [0.15, 0.2) is 104 Å². The van der Waals surface area contributed by atoms with E-state index in [0.29, 0.717) is 18.4 Å². The fraction of sp³-hybridized carbons (Fsp3) is 0.617. The van der Waals surface area contributed by atoms with Crippen LogP contribution in [-0.4, -0.2) is 85.2 Å². The van der Waals surface area contributed by atoms with Crippen molar-refractivity contribution in [1.82, 2.24) is 5.32 Å². The second kappa shape index (κ2) is 40.2. The Morgan fingerprint density at radius 1 is 0.658 bits per heavy atom. The van der Waals surface area contributed by atoms with Crippen LogP contribution in [0, 0.1) is 0 Å². The third-order valence-electron chi connectivity index (χ3n) is 13.1. The third-order valence-corrected chi connectivity index (χ3v) is 14.8. The molecule has 1 aliphatic rings. The predicted octanol–water partition coefficient (Wildman–Crippen LogP) is 16.7.